The largest absolute Gasteiger partial charge is 0.497 e. The summed E-state index contributed by atoms with van der Waals surface area (Å²) in [5.74, 6) is 1.33. The first kappa shape index (κ1) is 18.1. The molecule has 0 saturated carbocycles. The minimum atomic E-state index is -3.44. The Kier molecular flexibility index (Phi) is 6.77. The van der Waals surface area contributed by atoms with Crippen molar-refractivity contribution in [3.05, 3.63) is 23.2 Å². The van der Waals surface area contributed by atoms with Crippen LogP contribution in [0.1, 0.15) is 20.3 Å². The molecular weight excluding hydrogens is 316 g/mol. The van der Waals surface area contributed by atoms with Crippen molar-refractivity contribution in [2.24, 2.45) is 5.92 Å². The van der Waals surface area contributed by atoms with E-state index >= 15 is 0 Å². The fourth-order valence-electron chi connectivity index (χ4n) is 1.71. The Hall–Kier alpha value is -0.980. The predicted octanol–water partition coefficient (Wildman–Crippen LogP) is 3.12. The van der Waals surface area contributed by atoms with E-state index in [0.29, 0.717) is 22.9 Å². The van der Waals surface area contributed by atoms with Crippen molar-refractivity contribution in [2.45, 2.75) is 26.4 Å². The minimum Gasteiger partial charge on any atom is -0.497 e. The molecule has 1 unspecified atom stereocenters. The Morgan fingerprint density at radius 1 is 1.29 bits per heavy atom. The Morgan fingerprint density at radius 2 is 1.95 bits per heavy atom. The van der Waals surface area contributed by atoms with Gasteiger partial charge < -0.3 is 9.47 Å². The fraction of sp³-hybridized carbons (Fsp3) is 0.571. The average molecular weight is 337 g/mol. The molecular formula is C14H21ClO5S. The number of methoxy groups -OCH3 is 1. The lowest BCUT2D eigenvalue weighted by Gasteiger charge is -2.23. The standard InChI is InChI=1S/C14H21ClO5S/c1-10(2)13(7-8-19-21(4,16)17)20-14-9-11(18-3)5-6-12(14)15/h5-6,9-10,13H,7-8H2,1-4H3. The van der Waals surface area contributed by atoms with E-state index in [1.54, 1.807) is 25.3 Å². The van der Waals surface area contributed by atoms with Crippen molar-refractivity contribution in [1.82, 2.24) is 0 Å². The van der Waals surface area contributed by atoms with E-state index in [2.05, 4.69) is 0 Å². The first-order chi connectivity index (χ1) is 9.73. The highest BCUT2D eigenvalue weighted by atomic mass is 35.5. The molecule has 21 heavy (non-hydrogen) atoms. The molecule has 0 saturated heterocycles. The van der Waals surface area contributed by atoms with Crippen molar-refractivity contribution >= 4 is 21.7 Å². The van der Waals surface area contributed by atoms with Crippen LogP contribution in [-0.4, -0.2) is 34.5 Å². The zero-order chi connectivity index (χ0) is 16.0. The van der Waals surface area contributed by atoms with Crippen molar-refractivity contribution in [1.29, 1.82) is 0 Å². The Balaban J connectivity index is 2.74. The molecule has 1 rings (SSSR count). The summed E-state index contributed by atoms with van der Waals surface area (Å²) < 4.78 is 37.7. The van der Waals surface area contributed by atoms with Gasteiger partial charge in [-0.3, -0.25) is 4.18 Å². The lowest BCUT2D eigenvalue weighted by molar-refractivity contribution is 0.122. The molecule has 0 aliphatic rings. The third-order valence-electron chi connectivity index (χ3n) is 2.86. The smallest absolute Gasteiger partial charge is 0.264 e. The highest BCUT2D eigenvalue weighted by Crippen LogP contribution is 2.31. The quantitative estimate of drug-likeness (QED) is 0.682. The molecule has 1 aromatic carbocycles. The van der Waals surface area contributed by atoms with E-state index in [1.165, 1.54) is 0 Å². The van der Waals surface area contributed by atoms with Crippen molar-refractivity contribution in [2.75, 3.05) is 20.0 Å². The number of benzene rings is 1. The van der Waals surface area contributed by atoms with Gasteiger partial charge in [0.1, 0.15) is 17.6 Å². The third-order valence-corrected chi connectivity index (χ3v) is 3.77. The summed E-state index contributed by atoms with van der Waals surface area (Å²) in [5.41, 5.74) is 0. The molecule has 0 radical (unpaired) electrons. The van der Waals surface area contributed by atoms with Crippen LogP contribution >= 0.6 is 11.6 Å². The molecule has 0 aromatic heterocycles. The summed E-state index contributed by atoms with van der Waals surface area (Å²) >= 11 is 6.10. The second-order valence-corrected chi connectivity index (χ2v) is 7.06. The molecule has 120 valence electrons. The molecule has 0 amide bonds. The average Bonchev–Trinajstić information content (AvgIpc) is 2.38. The molecule has 0 aliphatic carbocycles. The number of rotatable bonds is 8. The topological polar surface area (TPSA) is 61.8 Å². The molecule has 0 N–H and O–H groups in total. The Bertz CT molecular complexity index is 556. The van der Waals surface area contributed by atoms with Gasteiger partial charge in [0, 0.05) is 12.5 Å². The van der Waals surface area contributed by atoms with Crippen LogP contribution in [0.3, 0.4) is 0 Å². The van der Waals surface area contributed by atoms with Gasteiger partial charge in [-0.25, -0.2) is 0 Å². The minimum absolute atomic E-state index is 0.0727. The zero-order valence-electron chi connectivity index (χ0n) is 12.6. The molecule has 0 aliphatic heterocycles. The van der Waals surface area contributed by atoms with Crippen LogP contribution < -0.4 is 9.47 Å². The normalized spacial score (nSPS) is 13.2. The third kappa shape index (κ3) is 6.54. The SMILES string of the molecule is COc1ccc(Cl)c(OC(CCOS(C)(=O)=O)C(C)C)c1. The first-order valence-electron chi connectivity index (χ1n) is 6.57. The van der Waals surface area contributed by atoms with E-state index in [-0.39, 0.29) is 18.6 Å². The predicted molar refractivity (Wildman–Crippen MR) is 82.7 cm³/mol. The highest BCUT2D eigenvalue weighted by molar-refractivity contribution is 7.85. The second-order valence-electron chi connectivity index (χ2n) is 5.01. The van der Waals surface area contributed by atoms with E-state index in [0.717, 1.165) is 6.26 Å². The van der Waals surface area contributed by atoms with E-state index in [4.69, 9.17) is 25.3 Å². The molecule has 1 aromatic rings. The van der Waals surface area contributed by atoms with Gasteiger partial charge >= 0.3 is 0 Å². The van der Waals surface area contributed by atoms with Crippen LogP contribution in [0, 0.1) is 5.92 Å². The summed E-state index contributed by atoms with van der Waals surface area (Å²) in [6.45, 7) is 4.04. The second kappa shape index (κ2) is 7.87. The van der Waals surface area contributed by atoms with Gasteiger partial charge in [0.05, 0.1) is 25.0 Å². The van der Waals surface area contributed by atoms with Gasteiger partial charge in [0.15, 0.2) is 0 Å². The summed E-state index contributed by atoms with van der Waals surface area (Å²) in [5, 5.41) is 0.477. The van der Waals surface area contributed by atoms with Crippen LogP contribution in [0.25, 0.3) is 0 Å². The van der Waals surface area contributed by atoms with E-state index in [1.807, 2.05) is 13.8 Å². The summed E-state index contributed by atoms with van der Waals surface area (Å²) in [7, 11) is -1.88. The number of hydrogen-bond acceptors (Lipinski definition) is 5. The maximum Gasteiger partial charge on any atom is 0.264 e. The van der Waals surface area contributed by atoms with Crippen LogP contribution in [0.5, 0.6) is 11.5 Å². The van der Waals surface area contributed by atoms with Crippen molar-refractivity contribution in [3.8, 4) is 11.5 Å². The van der Waals surface area contributed by atoms with Gasteiger partial charge in [0.2, 0.25) is 0 Å². The van der Waals surface area contributed by atoms with Crippen LogP contribution in [0.2, 0.25) is 5.02 Å². The molecule has 0 bridgehead atoms. The first-order valence-corrected chi connectivity index (χ1v) is 8.77. The fourth-order valence-corrected chi connectivity index (χ4v) is 2.27. The molecule has 0 heterocycles. The van der Waals surface area contributed by atoms with E-state index < -0.39 is 10.1 Å². The molecule has 1 atom stereocenters. The maximum absolute atomic E-state index is 11.0. The van der Waals surface area contributed by atoms with Crippen LogP contribution in [0.4, 0.5) is 0 Å². The molecule has 7 heteroatoms. The monoisotopic (exact) mass is 336 g/mol. The molecule has 0 fully saturated rings. The lowest BCUT2D eigenvalue weighted by atomic mass is 10.0. The number of hydrogen-bond donors (Lipinski definition) is 0. The Labute approximate surface area is 131 Å². The maximum atomic E-state index is 11.0. The van der Waals surface area contributed by atoms with E-state index in [9.17, 15) is 8.42 Å². The van der Waals surface area contributed by atoms with Crippen LogP contribution in [0.15, 0.2) is 18.2 Å². The molecule has 0 spiro atoms. The summed E-state index contributed by atoms with van der Waals surface area (Å²) in [6.07, 6.45) is 1.26. The van der Waals surface area contributed by atoms with Crippen molar-refractivity contribution < 1.29 is 22.1 Å². The van der Waals surface area contributed by atoms with Gasteiger partial charge in [0.25, 0.3) is 10.1 Å². The Morgan fingerprint density at radius 3 is 2.48 bits per heavy atom. The lowest BCUT2D eigenvalue weighted by Crippen LogP contribution is -2.25. The van der Waals surface area contributed by atoms with Crippen LogP contribution in [-0.2, 0) is 14.3 Å². The number of halogens is 1. The zero-order valence-corrected chi connectivity index (χ0v) is 14.2. The van der Waals surface area contributed by atoms with Gasteiger partial charge in [-0.05, 0) is 18.1 Å². The van der Waals surface area contributed by atoms with Gasteiger partial charge in [-0.2, -0.15) is 8.42 Å². The van der Waals surface area contributed by atoms with Gasteiger partial charge in [-0.1, -0.05) is 25.4 Å². The van der Waals surface area contributed by atoms with Gasteiger partial charge in [-0.15, -0.1) is 0 Å². The van der Waals surface area contributed by atoms with Crippen molar-refractivity contribution in [3.63, 3.8) is 0 Å². The molecule has 5 nitrogen and oxygen atoms in total. The summed E-state index contributed by atoms with van der Waals surface area (Å²) in [6, 6.07) is 5.14. The number of ether oxygens (including phenoxy) is 2. The summed E-state index contributed by atoms with van der Waals surface area (Å²) in [4.78, 5) is 0. The highest BCUT2D eigenvalue weighted by Gasteiger charge is 2.18.